The Hall–Kier alpha value is -3.64. The molecule has 4 aromatic rings. The van der Waals surface area contributed by atoms with Crippen LogP contribution in [-0.4, -0.2) is 39.5 Å². The smallest absolute Gasteiger partial charge is 0.164 e. The zero-order valence-corrected chi connectivity index (χ0v) is 20.7. The molecule has 2 N–H and O–H groups in total. The lowest BCUT2D eigenvalue weighted by molar-refractivity contribution is 0.294. The summed E-state index contributed by atoms with van der Waals surface area (Å²) in [5, 5.41) is 5.00. The topological polar surface area (TPSA) is 64.7 Å². The molecule has 2 heterocycles. The molecule has 2 atom stereocenters. The highest BCUT2D eigenvalue weighted by Gasteiger charge is 2.34. The quantitative estimate of drug-likeness (QED) is 0.339. The third-order valence-corrected chi connectivity index (χ3v) is 6.73. The molecule has 0 spiro atoms. The summed E-state index contributed by atoms with van der Waals surface area (Å²) in [6.07, 6.45) is 0.947. The fourth-order valence-corrected chi connectivity index (χ4v) is 5.16. The molecule has 0 saturated heterocycles. The second kappa shape index (κ2) is 9.92. The van der Waals surface area contributed by atoms with E-state index in [-0.39, 0.29) is 12.0 Å². The number of hydrogen-bond donors (Lipinski definition) is 2. The zero-order chi connectivity index (χ0) is 24.4. The van der Waals surface area contributed by atoms with E-state index in [1.54, 1.807) is 21.3 Å². The van der Waals surface area contributed by atoms with E-state index >= 15 is 0 Å². The lowest BCUT2D eigenvalue weighted by atomic mass is 9.82. The van der Waals surface area contributed by atoms with Crippen molar-refractivity contribution in [3.05, 3.63) is 83.0 Å². The summed E-state index contributed by atoms with van der Waals surface area (Å²) in [5.41, 5.74) is 5.77. The van der Waals surface area contributed by atoms with E-state index < -0.39 is 0 Å². The summed E-state index contributed by atoms with van der Waals surface area (Å²) in [5.74, 6) is 3.12. The van der Waals surface area contributed by atoms with Crippen LogP contribution in [0.15, 0.2) is 60.7 Å². The molecule has 1 aliphatic heterocycles. The molecule has 0 unspecified atom stereocenters. The number of fused-ring (bicyclic) bond motifs is 3. The first-order valence-corrected chi connectivity index (χ1v) is 12.1. The van der Waals surface area contributed by atoms with Gasteiger partial charge in [0.25, 0.3) is 0 Å². The van der Waals surface area contributed by atoms with Crippen molar-refractivity contribution in [1.82, 2.24) is 10.3 Å². The Morgan fingerprint density at radius 1 is 0.857 bits per heavy atom. The summed E-state index contributed by atoms with van der Waals surface area (Å²) in [7, 11) is 5.06. The van der Waals surface area contributed by atoms with Gasteiger partial charge in [-0.05, 0) is 41.8 Å². The van der Waals surface area contributed by atoms with Crippen molar-refractivity contribution >= 4 is 10.9 Å². The van der Waals surface area contributed by atoms with Crippen LogP contribution in [0.5, 0.6) is 23.0 Å². The number of ether oxygens (including phenoxy) is 4. The third kappa shape index (κ3) is 4.08. The molecule has 35 heavy (non-hydrogen) atoms. The van der Waals surface area contributed by atoms with Gasteiger partial charge in [0.2, 0.25) is 0 Å². The first-order chi connectivity index (χ1) is 17.2. The highest BCUT2D eigenvalue weighted by atomic mass is 16.5. The van der Waals surface area contributed by atoms with Gasteiger partial charge in [-0.2, -0.15) is 0 Å². The van der Waals surface area contributed by atoms with Crippen LogP contribution in [0.3, 0.4) is 0 Å². The monoisotopic (exact) mass is 472 g/mol. The Bertz CT molecular complexity index is 1330. The molecule has 0 amide bonds. The molecule has 0 saturated carbocycles. The van der Waals surface area contributed by atoms with E-state index in [1.165, 1.54) is 10.9 Å². The van der Waals surface area contributed by atoms with Crippen LogP contribution < -0.4 is 24.3 Å². The first kappa shape index (κ1) is 23.1. The van der Waals surface area contributed by atoms with Crippen molar-refractivity contribution in [2.45, 2.75) is 25.3 Å². The lowest BCUT2D eigenvalue weighted by Crippen LogP contribution is -2.34. The molecule has 0 bridgehead atoms. The maximum Gasteiger partial charge on any atom is 0.164 e. The number of para-hydroxylation sites is 2. The molecule has 1 aliphatic rings. The normalized spacial score (nSPS) is 17.1. The maximum absolute atomic E-state index is 5.88. The van der Waals surface area contributed by atoms with Crippen molar-refractivity contribution in [2.75, 3.05) is 34.5 Å². The van der Waals surface area contributed by atoms with Gasteiger partial charge in [0.05, 0.1) is 34.0 Å². The number of aromatic amines is 1. The summed E-state index contributed by atoms with van der Waals surface area (Å²) >= 11 is 0. The van der Waals surface area contributed by atoms with Gasteiger partial charge in [-0.3, -0.25) is 0 Å². The molecule has 3 aromatic carbocycles. The first-order valence-electron chi connectivity index (χ1n) is 12.1. The number of nitrogens with one attached hydrogen (secondary N) is 2. The highest BCUT2D eigenvalue weighted by molar-refractivity contribution is 5.87. The molecule has 0 radical (unpaired) electrons. The number of benzene rings is 3. The molecule has 1 aromatic heterocycles. The molecule has 0 fully saturated rings. The van der Waals surface area contributed by atoms with Crippen LogP contribution in [0.4, 0.5) is 0 Å². The van der Waals surface area contributed by atoms with Crippen molar-refractivity contribution in [3.63, 3.8) is 0 Å². The molecule has 5 rings (SSSR count). The Morgan fingerprint density at radius 3 is 2.46 bits per heavy atom. The second-order valence-electron chi connectivity index (χ2n) is 8.73. The fourth-order valence-electron chi connectivity index (χ4n) is 5.16. The Labute approximate surface area is 206 Å². The summed E-state index contributed by atoms with van der Waals surface area (Å²) in [6, 6.07) is 20.8. The van der Waals surface area contributed by atoms with Gasteiger partial charge in [-0.25, -0.2) is 0 Å². The molecule has 6 heteroatoms. The minimum absolute atomic E-state index is 0.0145. The van der Waals surface area contributed by atoms with Crippen LogP contribution in [0.1, 0.15) is 47.7 Å². The summed E-state index contributed by atoms with van der Waals surface area (Å²) in [6.45, 7) is 3.50. The molecular formula is C29H32N2O4. The lowest BCUT2D eigenvalue weighted by Gasteiger charge is -2.32. The minimum Gasteiger partial charge on any atom is -0.493 e. The minimum atomic E-state index is -0.0145. The van der Waals surface area contributed by atoms with Crippen molar-refractivity contribution in [1.29, 1.82) is 0 Å². The number of hydrogen-bond acceptors (Lipinski definition) is 5. The molecular weight excluding hydrogens is 440 g/mol. The van der Waals surface area contributed by atoms with Gasteiger partial charge in [0.1, 0.15) is 0 Å². The van der Waals surface area contributed by atoms with Gasteiger partial charge in [0, 0.05) is 34.6 Å². The van der Waals surface area contributed by atoms with Gasteiger partial charge in [-0.1, -0.05) is 43.3 Å². The maximum atomic E-state index is 5.88. The Morgan fingerprint density at radius 2 is 1.69 bits per heavy atom. The number of methoxy groups -OCH3 is 3. The summed E-state index contributed by atoms with van der Waals surface area (Å²) in [4.78, 5) is 3.71. The van der Waals surface area contributed by atoms with E-state index in [4.69, 9.17) is 18.9 Å². The van der Waals surface area contributed by atoms with E-state index in [0.29, 0.717) is 6.61 Å². The number of aromatic nitrogens is 1. The predicted molar refractivity (Wildman–Crippen MR) is 138 cm³/mol. The van der Waals surface area contributed by atoms with Gasteiger partial charge < -0.3 is 29.2 Å². The van der Waals surface area contributed by atoms with Crippen molar-refractivity contribution in [2.24, 2.45) is 0 Å². The third-order valence-electron chi connectivity index (χ3n) is 6.73. The van der Waals surface area contributed by atoms with E-state index in [0.717, 1.165) is 58.3 Å². The molecule has 182 valence electrons. The van der Waals surface area contributed by atoms with Gasteiger partial charge in [0.15, 0.2) is 23.0 Å². The second-order valence-corrected chi connectivity index (χ2v) is 8.73. The Balaban J connectivity index is 1.63. The summed E-state index contributed by atoms with van der Waals surface area (Å²) < 4.78 is 23.0. The van der Waals surface area contributed by atoms with Crippen LogP contribution in [0, 0.1) is 0 Å². The number of rotatable bonds is 8. The van der Waals surface area contributed by atoms with Gasteiger partial charge in [-0.15, -0.1) is 0 Å². The van der Waals surface area contributed by atoms with Crippen molar-refractivity contribution < 1.29 is 18.9 Å². The fraction of sp³-hybridized carbons (Fsp3) is 0.310. The van der Waals surface area contributed by atoms with E-state index in [1.807, 2.05) is 18.2 Å². The van der Waals surface area contributed by atoms with Crippen LogP contribution in [-0.2, 0) is 0 Å². The van der Waals surface area contributed by atoms with Crippen LogP contribution >= 0.6 is 0 Å². The highest BCUT2D eigenvalue weighted by Crippen LogP contribution is 2.46. The van der Waals surface area contributed by atoms with E-state index in [9.17, 15) is 0 Å². The standard InChI is InChI=1S/C29H32N2O4/c1-5-15-35-23-14-13-18(16-25(23)33-3)27-28-26(20-9-6-7-11-22(20)31-28)21(17-30-27)19-10-8-12-24(32-2)29(19)34-4/h6-14,16,21,27,30-31H,5,15,17H2,1-4H3/t21-,27-/m0/s1. The van der Waals surface area contributed by atoms with Crippen LogP contribution in [0.25, 0.3) is 10.9 Å². The number of H-pyrrole nitrogens is 1. The Kier molecular flexibility index (Phi) is 6.55. The molecule has 6 nitrogen and oxygen atoms in total. The van der Waals surface area contributed by atoms with Crippen LogP contribution in [0.2, 0.25) is 0 Å². The SMILES string of the molecule is CCCOc1ccc([C@@H]2NC[C@@H](c3cccc(OC)c3OC)c3c2[nH]c2ccccc32)cc1OC. The average Bonchev–Trinajstić information content (AvgIpc) is 3.30. The zero-order valence-electron chi connectivity index (χ0n) is 20.7. The largest absolute Gasteiger partial charge is 0.493 e. The molecule has 0 aliphatic carbocycles. The predicted octanol–water partition coefficient (Wildman–Crippen LogP) is 5.81. The van der Waals surface area contributed by atoms with Crippen molar-refractivity contribution in [3.8, 4) is 23.0 Å². The van der Waals surface area contributed by atoms with E-state index in [2.05, 4.69) is 59.7 Å². The average molecular weight is 473 g/mol. The van der Waals surface area contributed by atoms with Gasteiger partial charge >= 0.3 is 0 Å².